The lowest BCUT2D eigenvalue weighted by atomic mass is 10.1. The summed E-state index contributed by atoms with van der Waals surface area (Å²) in [5.41, 5.74) is 0.350. The van der Waals surface area contributed by atoms with E-state index in [0.717, 1.165) is 0 Å². The second-order valence-electron chi connectivity index (χ2n) is 4.77. The highest BCUT2D eigenvalue weighted by Crippen LogP contribution is 2.39. The van der Waals surface area contributed by atoms with Crippen LogP contribution in [0.4, 0.5) is 0 Å². The third kappa shape index (κ3) is 9.48. The first-order valence-electron chi connectivity index (χ1n) is 7.37. The zero-order chi connectivity index (χ0) is 15.2. The molecule has 0 spiro atoms. The predicted octanol–water partition coefficient (Wildman–Crippen LogP) is 5.06. The predicted molar refractivity (Wildman–Crippen MR) is 89.0 cm³/mol. The lowest BCUT2D eigenvalue weighted by Crippen LogP contribution is -2.16. The molecular formula is C15H26O3S2. The van der Waals surface area contributed by atoms with Crippen molar-refractivity contribution in [3.05, 3.63) is 11.0 Å². The Morgan fingerprint density at radius 1 is 1.15 bits per heavy atom. The van der Waals surface area contributed by atoms with E-state index in [1.54, 1.807) is 5.41 Å². The fraction of sp³-hybridized carbons (Fsp3) is 0.733. The number of carboxylic acids is 1. The number of aldehydes is 1. The van der Waals surface area contributed by atoms with Crippen LogP contribution in [0, 0.1) is 0 Å². The molecule has 3 nitrogen and oxygen atoms in total. The smallest absolute Gasteiger partial charge is 0.322 e. The van der Waals surface area contributed by atoms with Crippen LogP contribution in [0.2, 0.25) is 0 Å². The number of carboxylic acid groups (broad SMARTS) is 1. The van der Waals surface area contributed by atoms with Crippen molar-refractivity contribution >= 4 is 33.8 Å². The Kier molecular flexibility index (Phi) is 13.3. The Morgan fingerprint density at radius 2 is 1.65 bits per heavy atom. The molecule has 1 rings (SSSR count). The summed E-state index contributed by atoms with van der Waals surface area (Å²) in [6.45, 7) is 4.54. The van der Waals surface area contributed by atoms with Crippen LogP contribution >= 0.6 is 21.6 Å². The number of carbonyl (C=O) groups is 2. The molecule has 0 fully saturated rings. The zero-order valence-corrected chi connectivity index (χ0v) is 14.1. The first kappa shape index (κ1) is 19.6. The van der Waals surface area contributed by atoms with Gasteiger partial charge in [-0.1, -0.05) is 86.8 Å². The quantitative estimate of drug-likeness (QED) is 0.365. The molecule has 1 atom stereocenters. The molecule has 1 aliphatic heterocycles. The molecule has 116 valence electrons. The average Bonchev–Trinajstić information content (AvgIpc) is 2.92. The van der Waals surface area contributed by atoms with Crippen LogP contribution in [0.15, 0.2) is 11.0 Å². The molecule has 5 heteroatoms. The summed E-state index contributed by atoms with van der Waals surface area (Å²) in [7, 11) is 2.46. The van der Waals surface area contributed by atoms with Crippen molar-refractivity contribution in [1.29, 1.82) is 0 Å². The summed E-state index contributed by atoms with van der Waals surface area (Å²) in [5, 5.41) is 9.38. The lowest BCUT2D eigenvalue weighted by molar-refractivity contribution is -0.136. The molecule has 1 unspecified atom stereocenters. The van der Waals surface area contributed by atoms with Gasteiger partial charge in [0.15, 0.2) is 0 Å². The van der Waals surface area contributed by atoms with Crippen LogP contribution in [0.1, 0.15) is 65.2 Å². The van der Waals surface area contributed by atoms with Crippen molar-refractivity contribution in [3.63, 3.8) is 0 Å². The van der Waals surface area contributed by atoms with Gasteiger partial charge in [-0.05, 0) is 5.41 Å². The summed E-state index contributed by atoms with van der Waals surface area (Å²) in [5.74, 6) is -0.951. The molecule has 1 heterocycles. The molecule has 0 amide bonds. The van der Waals surface area contributed by atoms with Gasteiger partial charge < -0.3 is 5.11 Å². The first-order chi connectivity index (χ1) is 9.67. The maximum atomic E-state index is 10.3. The van der Waals surface area contributed by atoms with Crippen LogP contribution in [0.5, 0.6) is 0 Å². The van der Waals surface area contributed by atoms with Gasteiger partial charge in [0.1, 0.15) is 11.5 Å². The Morgan fingerprint density at radius 3 is 2.00 bits per heavy atom. The summed E-state index contributed by atoms with van der Waals surface area (Å²) < 4.78 is 0. The molecule has 0 radical (unpaired) electrons. The SMILES string of the molecule is CCCCCCCCCC.O=CC1=CSSC1C(=O)O. The topological polar surface area (TPSA) is 54.4 Å². The van der Waals surface area contributed by atoms with E-state index in [0.29, 0.717) is 11.9 Å². The number of carbonyl (C=O) groups excluding carboxylic acids is 1. The van der Waals surface area contributed by atoms with E-state index in [2.05, 4.69) is 13.8 Å². The van der Waals surface area contributed by atoms with Gasteiger partial charge in [-0.25, -0.2) is 0 Å². The Bertz CT molecular complexity index is 295. The molecular weight excluding hydrogens is 292 g/mol. The lowest BCUT2D eigenvalue weighted by Gasteiger charge is -1.99. The number of aliphatic carboxylic acids is 1. The summed E-state index contributed by atoms with van der Waals surface area (Å²) in [6.07, 6.45) is 12.0. The average molecular weight is 319 g/mol. The van der Waals surface area contributed by atoms with Crippen LogP contribution in [-0.4, -0.2) is 22.6 Å². The molecule has 0 aromatic rings. The fourth-order valence-electron chi connectivity index (χ4n) is 1.74. The fourth-order valence-corrected chi connectivity index (χ4v) is 4.02. The van der Waals surface area contributed by atoms with Gasteiger partial charge in [-0.3, -0.25) is 9.59 Å². The highest BCUT2D eigenvalue weighted by Gasteiger charge is 2.26. The van der Waals surface area contributed by atoms with Crippen LogP contribution < -0.4 is 0 Å². The molecule has 20 heavy (non-hydrogen) atoms. The van der Waals surface area contributed by atoms with E-state index in [1.807, 2.05) is 0 Å². The van der Waals surface area contributed by atoms with Gasteiger partial charge in [0.2, 0.25) is 0 Å². The molecule has 0 aromatic carbocycles. The highest BCUT2D eigenvalue weighted by atomic mass is 33.1. The Hall–Kier alpha value is -0.420. The maximum absolute atomic E-state index is 10.3. The third-order valence-electron chi connectivity index (χ3n) is 2.96. The minimum Gasteiger partial charge on any atom is -0.480 e. The zero-order valence-electron chi connectivity index (χ0n) is 12.5. The molecule has 1 N–H and O–H groups in total. The first-order valence-corrected chi connectivity index (χ1v) is 9.65. The van der Waals surface area contributed by atoms with Gasteiger partial charge in [0, 0.05) is 5.57 Å². The minimum absolute atomic E-state index is 0.350. The highest BCUT2D eigenvalue weighted by molar-refractivity contribution is 8.78. The second-order valence-corrected chi connectivity index (χ2v) is 7.01. The van der Waals surface area contributed by atoms with Gasteiger partial charge >= 0.3 is 5.97 Å². The molecule has 1 aliphatic rings. The van der Waals surface area contributed by atoms with E-state index in [9.17, 15) is 9.59 Å². The van der Waals surface area contributed by atoms with Crippen LogP contribution in [-0.2, 0) is 9.59 Å². The summed E-state index contributed by atoms with van der Waals surface area (Å²) in [4.78, 5) is 20.5. The molecule has 0 saturated carbocycles. The standard InChI is InChI=1S/C10H22.C5H4O3S2/c1-3-5-7-9-10-8-6-4-2;6-1-3-2-9-10-4(3)5(7)8/h3-10H2,1-2H3;1-2,4H,(H,7,8). The largest absolute Gasteiger partial charge is 0.480 e. The normalized spacial score (nSPS) is 17.1. The monoisotopic (exact) mass is 318 g/mol. The van der Waals surface area contributed by atoms with Crippen molar-refractivity contribution in [3.8, 4) is 0 Å². The van der Waals surface area contributed by atoms with Crippen molar-refractivity contribution in [1.82, 2.24) is 0 Å². The number of rotatable bonds is 9. The van der Waals surface area contributed by atoms with E-state index >= 15 is 0 Å². The molecule has 0 saturated heterocycles. The second kappa shape index (κ2) is 13.6. The number of unbranched alkanes of at least 4 members (excludes halogenated alkanes) is 7. The maximum Gasteiger partial charge on any atom is 0.322 e. The van der Waals surface area contributed by atoms with Crippen molar-refractivity contribution in [2.24, 2.45) is 0 Å². The minimum atomic E-state index is -0.951. The van der Waals surface area contributed by atoms with Crippen molar-refractivity contribution in [2.75, 3.05) is 0 Å². The van der Waals surface area contributed by atoms with Gasteiger partial charge in [0.05, 0.1) is 0 Å². The van der Waals surface area contributed by atoms with Crippen LogP contribution in [0.3, 0.4) is 0 Å². The van der Waals surface area contributed by atoms with Gasteiger partial charge in [-0.2, -0.15) is 0 Å². The Balaban J connectivity index is 0.000000361. The van der Waals surface area contributed by atoms with Crippen molar-refractivity contribution < 1.29 is 14.7 Å². The van der Waals surface area contributed by atoms with Gasteiger partial charge in [-0.15, -0.1) is 0 Å². The molecule has 0 bridgehead atoms. The van der Waals surface area contributed by atoms with Crippen molar-refractivity contribution in [2.45, 2.75) is 70.5 Å². The van der Waals surface area contributed by atoms with Crippen LogP contribution in [0.25, 0.3) is 0 Å². The number of hydrogen-bond acceptors (Lipinski definition) is 4. The Labute approximate surface area is 130 Å². The molecule has 0 aromatic heterocycles. The third-order valence-corrected chi connectivity index (χ3v) is 5.30. The number of hydrogen-bond donors (Lipinski definition) is 1. The van der Waals surface area contributed by atoms with E-state index in [4.69, 9.17) is 5.11 Å². The van der Waals surface area contributed by atoms with E-state index in [1.165, 1.54) is 73.0 Å². The van der Waals surface area contributed by atoms with Gasteiger partial charge in [0.25, 0.3) is 0 Å². The van der Waals surface area contributed by atoms with E-state index < -0.39 is 11.2 Å². The summed E-state index contributed by atoms with van der Waals surface area (Å²) >= 11 is 0. The summed E-state index contributed by atoms with van der Waals surface area (Å²) in [6, 6.07) is 0. The molecule has 0 aliphatic carbocycles. The van der Waals surface area contributed by atoms with E-state index in [-0.39, 0.29) is 0 Å².